The SMILES string of the molecule is CCc1cc(CC)c(CP(=O)(c2ccccc2)c2ccccc2)c(CC)c1. The molecule has 0 fully saturated rings. The molecule has 0 saturated heterocycles. The Kier molecular flexibility index (Phi) is 6.34. The predicted molar refractivity (Wildman–Crippen MR) is 118 cm³/mol. The van der Waals surface area contributed by atoms with Crippen LogP contribution in [-0.2, 0) is 30.0 Å². The quantitative estimate of drug-likeness (QED) is 0.470. The molecule has 0 atom stereocenters. The Bertz CT molecular complexity index is 861. The van der Waals surface area contributed by atoms with Gasteiger partial charge in [-0.05, 0) is 41.5 Å². The van der Waals surface area contributed by atoms with Crippen LogP contribution in [-0.4, -0.2) is 0 Å². The van der Waals surface area contributed by atoms with Crippen LogP contribution in [0.2, 0.25) is 0 Å². The van der Waals surface area contributed by atoms with Gasteiger partial charge in [0.25, 0.3) is 0 Å². The van der Waals surface area contributed by atoms with Gasteiger partial charge in [0.05, 0.1) is 0 Å². The maximum atomic E-state index is 14.5. The normalized spacial score (nSPS) is 11.5. The van der Waals surface area contributed by atoms with Crippen molar-refractivity contribution in [2.24, 2.45) is 0 Å². The monoisotopic (exact) mass is 376 g/mol. The van der Waals surface area contributed by atoms with E-state index in [1.807, 2.05) is 60.7 Å². The van der Waals surface area contributed by atoms with Crippen LogP contribution in [0.5, 0.6) is 0 Å². The number of hydrogen-bond acceptors (Lipinski definition) is 1. The molecule has 2 heteroatoms. The van der Waals surface area contributed by atoms with Gasteiger partial charge in [0, 0.05) is 16.8 Å². The van der Waals surface area contributed by atoms with Crippen LogP contribution in [0.1, 0.15) is 43.0 Å². The van der Waals surface area contributed by atoms with E-state index in [4.69, 9.17) is 0 Å². The number of aryl methyl sites for hydroxylation is 3. The minimum atomic E-state index is -2.75. The molecule has 0 heterocycles. The Morgan fingerprint density at radius 2 is 1.11 bits per heavy atom. The fourth-order valence-electron chi connectivity index (χ4n) is 3.80. The molecule has 0 unspecified atom stereocenters. The van der Waals surface area contributed by atoms with Crippen LogP contribution >= 0.6 is 7.14 Å². The van der Waals surface area contributed by atoms with Gasteiger partial charge in [-0.2, -0.15) is 0 Å². The second-order valence-electron chi connectivity index (χ2n) is 7.02. The van der Waals surface area contributed by atoms with Crippen LogP contribution in [0, 0.1) is 0 Å². The van der Waals surface area contributed by atoms with E-state index in [0.29, 0.717) is 6.16 Å². The maximum absolute atomic E-state index is 14.5. The van der Waals surface area contributed by atoms with Gasteiger partial charge in [-0.25, -0.2) is 0 Å². The van der Waals surface area contributed by atoms with Gasteiger partial charge in [-0.1, -0.05) is 93.6 Å². The topological polar surface area (TPSA) is 17.1 Å². The Labute approximate surface area is 163 Å². The van der Waals surface area contributed by atoms with Crippen molar-refractivity contribution in [2.75, 3.05) is 0 Å². The van der Waals surface area contributed by atoms with Crippen molar-refractivity contribution in [2.45, 2.75) is 46.2 Å². The second kappa shape index (κ2) is 8.72. The van der Waals surface area contributed by atoms with Gasteiger partial charge in [-0.3, -0.25) is 0 Å². The number of hydrogen-bond donors (Lipinski definition) is 0. The lowest BCUT2D eigenvalue weighted by Crippen LogP contribution is -2.18. The molecule has 0 radical (unpaired) electrons. The van der Waals surface area contributed by atoms with Crippen LogP contribution in [0.25, 0.3) is 0 Å². The summed E-state index contributed by atoms with van der Waals surface area (Å²) < 4.78 is 14.5. The van der Waals surface area contributed by atoms with E-state index in [1.165, 1.54) is 22.3 Å². The van der Waals surface area contributed by atoms with Gasteiger partial charge >= 0.3 is 0 Å². The van der Waals surface area contributed by atoms with E-state index < -0.39 is 7.14 Å². The molecule has 0 spiro atoms. The lowest BCUT2D eigenvalue weighted by molar-refractivity contribution is 0.586. The average molecular weight is 376 g/mol. The minimum Gasteiger partial charge on any atom is -0.313 e. The molecule has 0 aromatic heterocycles. The molecule has 140 valence electrons. The summed E-state index contributed by atoms with van der Waals surface area (Å²) in [6.07, 6.45) is 3.58. The Morgan fingerprint density at radius 1 is 0.667 bits per heavy atom. The first kappa shape index (κ1) is 19.6. The molecule has 0 aliphatic carbocycles. The van der Waals surface area contributed by atoms with E-state index >= 15 is 0 Å². The van der Waals surface area contributed by atoms with E-state index in [2.05, 4.69) is 32.9 Å². The molecule has 3 rings (SSSR count). The third-order valence-electron chi connectivity index (χ3n) is 5.39. The zero-order valence-electron chi connectivity index (χ0n) is 16.6. The van der Waals surface area contributed by atoms with Gasteiger partial charge in [-0.15, -0.1) is 0 Å². The Balaban J connectivity index is 2.18. The second-order valence-corrected chi connectivity index (χ2v) is 9.85. The highest BCUT2D eigenvalue weighted by Gasteiger charge is 2.29. The van der Waals surface area contributed by atoms with Crippen molar-refractivity contribution in [3.05, 3.63) is 95.1 Å². The molecule has 0 aliphatic heterocycles. The molecule has 0 bridgehead atoms. The number of rotatable bonds is 7. The fraction of sp³-hybridized carbons (Fsp3) is 0.280. The van der Waals surface area contributed by atoms with E-state index in [-0.39, 0.29) is 0 Å². The summed E-state index contributed by atoms with van der Waals surface area (Å²) in [4.78, 5) is 0. The highest BCUT2D eigenvalue weighted by atomic mass is 31.2. The van der Waals surface area contributed by atoms with Gasteiger partial charge in [0.1, 0.15) is 7.14 Å². The van der Waals surface area contributed by atoms with E-state index in [1.54, 1.807) is 0 Å². The standard InChI is InChI=1S/C25H29OP/c1-4-20-17-21(5-2)25(22(6-3)18-20)19-27(26,23-13-9-7-10-14-23)24-15-11-8-12-16-24/h7-18H,4-6,19H2,1-3H3. The molecule has 0 saturated carbocycles. The molecule has 1 nitrogen and oxygen atoms in total. The average Bonchev–Trinajstić information content (AvgIpc) is 2.74. The lowest BCUT2D eigenvalue weighted by Gasteiger charge is -2.23. The summed E-state index contributed by atoms with van der Waals surface area (Å²) in [6.45, 7) is 6.61. The first-order chi connectivity index (χ1) is 13.1. The third-order valence-corrected chi connectivity index (χ3v) is 8.42. The molecular formula is C25H29OP. The highest BCUT2D eigenvalue weighted by molar-refractivity contribution is 7.78. The smallest absolute Gasteiger partial charge is 0.147 e. The van der Waals surface area contributed by atoms with Crippen molar-refractivity contribution < 1.29 is 4.57 Å². The summed E-state index contributed by atoms with van der Waals surface area (Å²) in [5.41, 5.74) is 5.35. The zero-order valence-corrected chi connectivity index (χ0v) is 17.5. The van der Waals surface area contributed by atoms with Crippen LogP contribution in [0.3, 0.4) is 0 Å². The van der Waals surface area contributed by atoms with Gasteiger partial charge in [0.2, 0.25) is 0 Å². The predicted octanol–water partition coefficient (Wildman–Crippen LogP) is 5.89. The van der Waals surface area contributed by atoms with Crippen molar-refractivity contribution in [3.8, 4) is 0 Å². The summed E-state index contributed by atoms with van der Waals surface area (Å²) in [6, 6.07) is 24.7. The van der Waals surface area contributed by atoms with Crippen molar-refractivity contribution in [1.29, 1.82) is 0 Å². The van der Waals surface area contributed by atoms with E-state index in [9.17, 15) is 4.57 Å². The highest BCUT2D eigenvalue weighted by Crippen LogP contribution is 2.48. The molecule has 0 N–H and O–H groups in total. The number of benzene rings is 3. The summed E-state index contributed by atoms with van der Waals surface area (Å²) in [5.74, 6) is 0. The fourth-order valence-corrected chi connectivity index (χ4v) is 6.62. The molecule has 3 aromatic rings. The first-order valence-electron chi connectivity index (χ1n) is 9.96. The summed E-state index contributed by atoms with van der Waals surface area (Å²) >= 11 is 0. The van der Waals surface area contributed by atoms with Crippen molar-refractivity contribution in [1.82, 2.24) is 0 Å². The van der Waals surface area contributed by atoms with Crippen molar-refractivity contribution in [3.63, 3.8) is 0 Å². The van der Waals surface area contributed by atoms with Crippen LogP contribution < -0.4 is 10.6 Å². The lowest BCUT2D eigenvalue weighted by atomic mass is 9.95. The van der Waals surface area contributed by atoms with E-state index in [0.717, 1.165) is 29.9 Å². The molecule has 0 aliphatic rings. The Hall–Kier alpha value is -2.11. The molecular weight excluding hydrogens is 347 g/mol. The van der Waals surface area contributed by atoms with Crippen molar-refractivity contribution >= 4 is 17.8 Å². The molecule has 3 aromatic carbocycles. The third kappa shape index (κ3) is 4.09. The maximum Gasteiger partial charge on any atom is 0.147 e. The van der Waals surface area contributed by atoms with Gasteiger partial charge in [0.15, 0.2) is 0 Å². The van der Waals surface area contributed by atoms with Crippen LogP contribution in [0.15, 0.2) is 72.8 Å². The molecule has 0 amide bonds. The van der Waals surface area contributed by atoms with Crippen LogP contribution in [0.4, 0.5) is 0 Å². The largest absolute Gasteiger partial charge is 0.313 e. The van der Waals surface area contributed by atoms with Gasteiger partial charge < -0.3 is 4.57 Å². The summed E-state index contributed by atoms with van der Waals surface area (Å²) in [5, 5.41) is 1.89. The molecule has 27 heavy (non-hydrogen) atoms. The first-order valence-corrected chi connectivity index (χ1v) is 11.8. The summed E-state index contributed by atoms with van der Waals surface area (Å²) in [7, 11) is -2.75. The zero-order chi connectivity index (χ0) is 19.3. The minimum absolute atomic E-state index is 0.595. The Morgan fingerprint density at radius 3 is 1.48 bits per heavy atom.